The fraction of sp³-hybridized carbons (Fsp3) is 0.385. The topological polar surface area (TPSA) is 61.6 Å². The van der Waals surface area contributed by atoms with Crippen LogP contribution in [0.5, 0.6) is 5.75 Å². The average molecular weight is 420 g/mol. The first-order chi connectivity index (χ1) is 15.1. The number of methoxy groups -OCH3 is 1. The molecule has 162 valence electrons. The van der Waals surface area contributed by atoms with Crippen LogP contribution in [-0.4, -0.2) is 24.7 Å². The maximum Gasteiger partial charge on any atom is 0.309 e. The van der Waals surface area contributed by atoms with Gasteiger partial charge < -0.3 is 13.9 Å². The lowest BCUT2D eigenvalue weighted by Gasteiger charge is -2.20. The van der Waals surface area contributed by atoms with Crippen LogP contribution in [0.3, 0.4) is 0 Å². The lowest BCUT2D eigenvalue weighted by atomic mass is 9.85. The van der Waals surface area contributed by atoms with E-state index in [0.29, 0.717) is 18.9 Å². The van der Waals surface area contributed by atoms with Gasteiger partial charge in [-0.15, -0.1) is 0 Å². The average Bonchev–Trinajstić information content (AvgIpc) is 3.38. The Morgan fingerprint density at radius 1 is 1.23 bits per heavy atom. The van der Waals surface area contributed by atoms with Crippen molar-refractivity contribution < 1.29 is 18.7 Å². The van der Waals surface area contributed by atoms with Crippen molar-refractivity contribution in [2.75, 3.05) is 13.7 Å². The van der Waals surface area contributed by atoms with E-state index in [1.165, 1.54) is 18.2 Å². The molecule has 5 heteroatoms. The largest absolute Gasteiger partial charge is 0.493 e. The standard InChI is InChI=1S/C26H29NO4/c1-4-21(26(28)29-3)23-12-10-19-16-20(11-13-22(19)23)30-15-14-24-17(2)27-25(31-24)18-8-6-5-7-9-18/h5-9,11,13,16,21,23H,4,10,12,14-15H2,1-3H3. The van der Waals surface area contributed by atoms with Crippen LogP contribution in [0.25, 0.3) is 11.5 Å². The molecule has 1 aliphatic carbocycles. The second kappa shape index (κ2) is 9.38. The van der Waals surface area contributed by atoms with Crippen molar-refractivity contribution >= 4 is 5.97 Å². The molecule has 1 heterocycles. The molecule has 31 heavy (non-hydrogen) atoms. The van der Waals surface area contributed by atoms with Crippen LogP contribution in [0.2, 0.25) is 0 Å². The third kappa shape index (κ3) is 4.50. The number of nitrogens with zero attached hydrogens (tertiary/aromatic N) is 1. The Morgan fingerprint density at radius 2 is 2.03 bits per heavy atom. The van der Waals surface area contributed by atoms with Crippen molar-refractivity contribution in [3.8, 4) is 17.2 Å². The van der Waals surface area contributed by atoms with E-state index in [0.717, 1.165) is 42.0 Å². The van der Waals surface area contributed by atoms with Gasteiger partial charge in [0.1, 0.15) is 11.5 Å². The van der Waals surface area contributed by atoms with E-state index in [9.17, 15) is 4.79 Å². The Balaban J connectivity index is 1.39. The van der Waals surface area contributed by atoms with Gasteiger partial charge in [0.25, 0.3) is 0 Å². The zero-order valence-corrected chi connectivity index (χ0v) is 18.4. The van der Waals surface area contributed by atoms with Crippen molar-refractivity contribution in [3.05, 3.63) is 71.1 Å². The second-order valence-corrected chi connectivity index (χ2v) is 8.04. The van der Waals surface area contributed by atoms with Crippen molar-refractivity contribution in [1.82, 2.24) is 4.98 Å². The summed E-state index contributed by atoms with van der Waals surface area (Å²) in [7, 11) is 1.47. The number of ether oxygens (including phenoxy) is 2. The monoisotopic (exact) mass is 419 g/mol. The molecule has 0 saturated carbocycles. The third-order valence-corrected chi connectivity index (χ3v) is 6.18. The molecule has 2 aromatic carbocycles. The number of hydrogen-bond donors (Lipinski definition) is 0. The first kappa shape index (κ1) is 21.2. The number of fused-ring (bicyclic) bond motifs is 1. The van der Waals surface area contributed by atoms with E-state index in [1.54, 1.807) is 0 Å². The molecule has 4 rings (SSSR count). The summed E-state index contributed by atoms with van der Waals surface area (Å²) in [6.07, 6.45) is 3.39. The van der Waals surface area contributed by atoms with Crippen molar-refractivity contribution in [3.63, 3.8) is 0 Å². The van der Waals surface area contributed by atoms with E-state index < -0.39 is 0 Å². The summed E-state index contributed by atoms with van der Waals surface area (Å²) in [5.74, 6) is 2.39. The number of oxazole rings is 1. The molecule has 0 N–H and O–H groups in total. The minimum Gasteiger partial charge on any atom is -0.493 e. The predicted octanol–water partition coefficient (Wildman–Crippen LogP) is 5.50. The summed E-state index contributed by atoms with van der Waals surface area (Å²) in [5, 5.41) is 0. The van der Waals surface area contributed by atoms with Crippen LogP contribution in [0.15, 0.2) is 52.9 Å². The van der Waals surface area contributed by atoms with Gasteiger partial charge in [-0.2, -0.15) is 0 Å². The number of aryl methyl sites for hydroxylation is 2. The zero-order chi connectivity index (χ0) is 21.8. The lowest BCUT2D eigenvalue weighted by molar-refractivity contribution is -0.146. The molecular formula is C26H29NO4. The highest BCUT2D eigenvalue weighted by molar-refractivity contribution is 5.74. The molecule has 1 aromatic heterocycles. The normalized spacial score (nSPS) is 16.0. The summed E-state index contributed by atoms with van der Waals surface area (Å²) in [4.78, 5) is 16.7. The minimum atomic E-state index is -0.113. The number of carbonyl (C=O) groups is 1. The first-order valence-electron chi connectivity index (χ1n) is 11.0. The maximum absolute atomic E-state index is 12.1. The van der Waals surface area contributed by atoms with Crippen LogP contribution in [0.4, 0.5) is 0 Å². The molecule has 0 amide bonds. The fourth-order valence-electron chi connectivity index (χ4n) is 4.53. The van der Waals surface area contributed by atoms with E-state index in [1.807, 2.05) is 50.2 Å². The lowest BCUT2D eigenvalue weighted by Crippen LogP contribution is -2.21. The Labute approximate surface area is 183 Å². The molecule has 0 saturated heterocycles. The molecule has 2 unspecified atom stereocenters. The molecule has 0 aliphatic heterocycles. The molecule has 5 nitrogen and oxygen atoms in total. The van der Waals surface area contributed by atoms with Gasteiger partial charge >= 0.3 is 5.97 Å². The molecule has 2 atom stereocenters. The van der Waals surface area contributed by atoms with Crippen LogP contribution < -0.4 is 4.74 Å². The van der Waals surface area contributed by atoms with Crippen molar-refractivity contribution in [2.24, 2.45) is 5.92 Å². The Bertz CT molecular complexity index is 1040. The van der Waals surface area contributed by atoms with Crippen molar-refractivity contribution in [2.45, 2.75) is 45.4 Å². The Kier molecular flexibility index (Phi) is 6.40. The highest BCUT2D eigenvalue weighted by Gasteiger charge is 2.33. The fourth-order valence-corrected chi connectivity index (χ4v) is 4.53. The number of benzene rings is 2. The van der Waals surface area contributed by atoms with Crippen LogP contribution in [0, 0.1) is 12.8 Å². The Hall–Kier alpha value is -3.08. The van der Waals surface area contributed by atoms with E-state index in [4.69, 9.17) is 13.9 Å². The number of hydrogen-bond acceptors (Lipinski definition) is 5. The Morgan fingerprint density at radius 3 is 2.77 bits per heavy atom. The van der Waals surface area contributed by atoms with Crippen LogP contribution in [-0.2, 0) is 22.4 Å². The van der Waals surface area contributed by atoms with Crippen LogP contribution in [0.1, 0.15) is 48.3 Å². The van der Waals surface area contributed by atoms with Gasteiger partial charge in [-0.25, -0.2) is 4.98 Å². The van der Waals surface area contributed by atoms with Gasteiger partial charge in [-0.3, -0.25) is 4.79 Å². The molecule has 0 radical (unpaired) electrons. The van der Waals surface area contributed by atoms with E-state index >= 15 is 0 Å². The third-order valence-electron chi connectivity index (χ3n) is 6.18. The number of esters is 1. The highest BCUT2D eigenvalue weighted by atomic mass is 16.5. The summed E-state index contributed by atoms with van der Waals surface area (Å²) >= 11 is 0. The van der Waals surface area contributed by atoms with Gasteiger partial charge in [0.15, 0.2) is 0 Å². The predicted molar refractivity (Wildman–Crippen MR) is 119 cm³/mol. The van der Waals surface area contributed by atoms with Crippen molar-refractivity contribution in [1.29, 1.82) is 0 Å². The van der Waals surface area contributed by atoms with Gasteiger partial charge in [0.2, 0.25) is 5.89 Å². The minimum absolute atomic E-state index is 0.0775. The van der Waals surface area contributed by atoms with E-state index in [-0.39, 0.29) is 17.8 Å². The first-order valence-corrected chi connectivity index (χ1v) is 11.0. The highest BCUT2D eigenvalue weighted by Crippen LogP contribution is 2.41. The number of carbonyl (C=O) groups excluding carboxylic acids is 1. The van der Waals surface area contributed by atoms with Gasteiger partial charge in [0.05, 0.1) is 25.3 Å². The van der Waals surface area contributed by atoms with Gasteiger partial charge in [-0.1, -0.05) is 31.2 Å². The molecule has 0 spiro atoms. The summed E-state index contributed by atoms with van der Waals surface area (Å²) in [5.41, 5.74) is 4.39. The number of rotatable bonds is 8. The number of aromatic nitrogens is 1. The van der Waals surface area contributed by atoms with E-state index in [2.05, 4.69) is 17.1 Å². The van der Waals surface area contributed by atoms with Gasteiger partial charge in [0, 0.05) is 12.0 Å². The zero-order valence-electron chi connectivity index (χ0n) is 18.4. The summed E-state index contributed by atoms with van der Waals surface area (Å²) < 4.78 is 17.0. The molecule has 3 aromatic rings. The van der Waals surface area contributed by atoms with Gasteiger partial charge in [-0.05, 0) is 67.5 Å². The molecular weight excluding hydrogens is 390 g/mol. The second-order valence-electron chi connectivity index (χ2n) is 8.04. The molecule has 1 aliphatic rings. The molecule has 0 fully saturated rings. The van der Waals surface area contributed by atoms with Crippen LogP contribution >= 0.6 is 0 Å². The quantitative estimate of drug-likeness (QED) is 0.451. The summed E-state index contributed by atoms with van der Waals surface area (Å²) in [6, 6.07) is 16.1. The maximum atomic E-state index is 12.1. The summed E-state index contributed by atoms with van der Waals surface area (Å²) in [6.45, 7) is 4.53. The smallest absolute Gasteiger partial charge is 0.309 e. The molecule has 0 bridgehead atoms. The SMILES string of the molecule is CCC(C(=O)OC)C1CCc2cc(OCCc3oc(-c4ccccc4)nc3C)ccc21.